The summed E-state index contributed by atoms with van der Waals surface area (Å²) in [5.41, 5.74) is 4.71. The zero-order chi connectivity index (χ0) is 16.5. The molecular formula is C20H21NO3. The summed E-state index contributed by atoms with van der Waals surface area (Å²) in [5, 5.41) is 0. The number of benzene rings is 2. The maximum Gasteiger partial charge on any atom is 0.227 e. The van der Waals surface area contributed by atoms with Crippen molar-refractivity contribution in [2.24, 2.45) is 0 Å². The fraction of sp³-hybridized carbons (Fsp3) is 0.350. The van der Waals surface area contributed by atoms with E-state index in [4.69, 9.17) is 9.47 Å². The van der Waals surface area contributed by atoms with Gasteiger partial charge in [0.25, 0.3) is 0 Å². The van der Waals surface area contributed by atoms with Gasteiger partial charge in [-0.15, -0.1) is 0 Å². The van der Waals surface area contributed by atoms with E-state index in [9.17, 15) is 4.79 Å². The molecule has 0 unspecified atom stereocenters. The molecule has 4 heteroatoms. The minimum absolute atomic E-state index is 0.171. The van der Waals surface area contributed by atoms with Crippen LogP contribution in [0.2, 0.25) is 0 Å². The number of nitrogens with zero attached hydrogens (tertiary/aromatic N) is 1. The van der Waals surface area contributed by atoms with Crippen LogP contribution in [0.15, 0.2) is 36.4 Å². The standard InChI is InChI=1S/C20H21NO3/c1-14-10-18-19(24-9-8-23-18)11-17(14)12-20(22)21-7-6-15-4-2-3-5-16(15)13-21/h2-5,10-11H,6-9,12-13H2,1H3. The van der Waals surface area contributed by atoms with Crippen LogP contribution in [0.1, 0.15) is 22.3 Å². The highest BCUT2D eigenvalue weighted by Gasteiger charge is 2.22. The van der Waals surface area contributed by atoms with E-state index in [2.05, 4.69) is 18.2 Å². The van der Waals surface area contributed by atoms with Gasteiger partial charge in [-0.2, -0.15) is 0 Å². The van der Waals surface area contributed by atoms with Crippen molar-refractivity contribution in [3.63, 3.8) is 0 Å². The van der Waals surface area contributed by atoms with Gasteiger partial charge in [0.2, 0.25) is 5.91 Å². The topological polar surface area (TPSA) is 38.8 Å². The first-order valence-electron chi connectivity index (χ1n) is 8.44. The van der Waals surface area contributed by atoms with Crippen molar-refractivity contribution >= 4 is 5.91 Å². The summed E-state index contributed by atoms with van der Waals surface area (Å²) in [5.74, 6) is 1.70. The summed E-state index contributed by atoms with van der Waals surface area (Å²) in [7, 11) is 0. The quantitative estimate of drug-likeness (QED) is 0.853. The van der Waals surface area contributed by atoms with E-state index in [-0.39, 0.29) is 5.91 Å². The molecule has 2 aromatic carbocycles. The summed E-state index contributed by atoms with van der Waals surface area (Å²) < 4.78 is 11.2. The van der Waals surface area contributed by atoms with Gasteiger partial charge >= 0.3 is 0 Å². The van der Waals surface area contributed by atoms with Crippen LogP contribution < -0.4 is 9.47 Å². The highest BCUT2D eigenvalue weighted by Crippen LogP contribution is 2.33. The molecule has 0 spiro atoms. The number of carbonyl (C=O) groups is 1. The van der Waals surface area contributed by atoms with E-state index in [1.54, 1.807) is 0 Å². The average Bonchev–Trinajstić information content (AvgIpc) is 2.62. The van der Waals surface area contributed by atoms with Crippen LogP contribution in [-0.4, -0.2) is 30.6 Å². The van der Waals surface area contributed by atoms with Gasteiger partial charge in [-0.3, -0.25) is 4.79 Å². The van der Waals surface area contributed by atoms with Crippen molar-refractivity contribution in [1.82, 2.24) is 4.90 Å². The Morgan fingerprint density at radius 2 is 1.79 bits per heavy atom. The van der Waals surface area contributed by atoms with Crippen LogP contribution in [0.5, 0.6) is 11.5 Å². The summed E-state index contributed by atoms with van der Waals surface area (Å²) >= 11 is 0. The van der Waals surface area contributed by atoms with Crippen molar-refractivity contribution in [3.05, 3.63) is 58.7 Å². The summed E-state index contributed by atoms with van der Waals surface area (Å²) in [6.07, 6.45) is 1.34. The number of hydrogen-bond acceptors (Lipinski definition) is 3. The normalized spacial score (nSPS) is 15.8. The summed E-state index contributed by atoms with van der Waals surface area (Å²) in [6.45, 7) is 4.66. The van der Waals surface area contributed by atoms with Gasteiger partial charge in [0, 0.05) is 13.1 Å². The van der Waals surface area contributed by atoms with Gasteiger partial charge in [-0.25, -0.2) is 0 Å². The maximum atomic E-state index is 12.8. The molecule has 0 aromatic heterocycles. The second-order valence-electron chi connectivity index (χ2n) is 6.43. The third-order valence-corrected chi connectivity index (χ3v) is 4.83. The molecule has 0 aliphatic carbocycles. The van der Waals surface area contributed by atoms with Crippen LogP contribution in [0.4, 0.5) is 0 Å². The second kappa shape index (κ2) is 6.19. The van der Waals surface area contributed by atoms with Gasteiger partial charge in [0.15, 0.2) is 11.5 Å². The molecule has 2 aromatic rings. The Morgan fingerprint density at radius 3 is 2.58 bits per heavy atom. The van der Waals surface area contributed by atoms with E-state index in [0.29, 0.717) is 26.2 Å². The SMILES string of the molecule is Cc1cc2c(cc1CC(=O)N1CCc3ccccc3C1)OCCO2. The Labute approximate surface area is 142 Å². The smallest absolute Gasteiger partial charge is 0.227 e. The molecule has 0 N–H and O–H groups in total. The minimum Gasteiger partial charge on any atom is -0.486 e. The van der Waals surface area contributed by atoms with E-state index < -0.39 is 0 Å². The first-order valence-corrected chi connectivity index (χ1v) is 8.44. The number of ether oxygens (including phenoxy) is 2. The first-order chi connectivity index (χ1) is 11.7. The number of hydrogen-bond donors (Lipinski definition) is 0. The Hall–Kier alpha value is -2.49. The zero-order valence-electron chi connectivity index (χ0n) is 13.9. The van der Waals surface area contributed by atoms with Crippen molar-refractivity contribution in [3.8, 4) is 11.5 Å². The number of carbonyl (C=O) groups excluding carboxylic acids is 1. The van der Waals surface area contributed by atoms with Crippen LogP contribution >= 0.6 is 0 Å². The highest BCUT2D eigenvalue weighted by molar-refractivity contribution is 5.79. The molecular weight excluding hydrogens is 302 g/mol. The fourth-order valence-corrected chi connectivity index (χ4v) is 3.41. The zero-order valence-corrected chi connectivity index (χ0v) is 13.9. The van der Waals surface area contributed by atoms with Gasteiger partial charge < -0.3 is 14.4 Å². The Kier molecular flexibility index (Phi) is 3.89. The number of amides is 1. The van der Waals surface area contributed by atoms with Crippen LogP contribution in [-0.2, 0) is 24.2 Å². The minimum atomic E-state index is 0.171. The molecule has 0 saturated carbocycles. The molecule has 2 aliphatic rings. The molecule has 0 fully saturated rings. The lowest BCUT2D eigenvalue weighted by molar-refractivity contribution is -0.131. The average molecular weight is 323 g/mol. The molecule has 2 aliphatic heterocycles. The molecule has 0 atom stereocenters. The Morgan fingerprint density at radius 1 is 1.08 bits per heavy atom. The molecule has 24 heavy (non-hydrogen) atoms. The molecule has 4 nitrogen and oxygen atoms in total. The number of aryl methyl sites for hydroxylation is 1. The lowest BCUT2D eigenvalue weighted by atomic mass is 9.98. The molecule has 4 rings (SSSR count). The molecule has 124 valence electrons. The predicted molar refractivity (Wildman–Crippen MR) is 91.4 cm³/mol. The molecule has 0 radical (unpaired) electrons. The van der Waals surface area contributed by atoms with Crippen LogP contribution in [0.3, 0.4) is 0 Å². The molecule has 0 saturated heterocycles. The maximum absolute atomic E-state index is 12.8. The second-order valence-corrected chi connectivity index (χ2v) is 6.43. The molecule has 0 bridgehead atoms. The van der Waals surface area contributed by atoms with E-state index in [0.717, 1.165) is 35.6 Å². The third-order valence-electron chi connectivity index (χ3n) is 4.83. The fourth-order valence-electron chi connectivity index (χ4n) is 3.41. The summed E-state index contributed by atoms with van der Waals surface area (Å²) in [6, 6.07) is 12.3. The Balaban J connectivity index is 1.51. The van der Waals surface area contributed by atoms with Crippen molar-refractivity contribution in [2.45, 2.75) is 26.3 Å². The van der Waals surface area contributed by atoms with Crippen molar-refractivity contribution in [2.75, 3.05) is 19.8 Å². The van der Waals surface area contributed by atoms with E-state index >= 15 is 0 Å². The highest BCUT2D eigenvalue weighted by atomic mass is 16.6. The largest absolute Gasteiger partial charge is 0.486 e. The van der Waals surface area contributed by atoms with Crippen molar-refractivity contribution < 1.29 is 14.3 Å². The molecule has 2 heterocycles. The molecule has 1 amide bonds. The number of fused-ring (bicyclic) bond motifs is 2. The van der Waals surface area contributed by atoms with Crippen LogP contribution in [0.25, 0.3) is 0 Å². The monoisotopic (exact) mass is 323 g/mol. The van der Waals surface area contributed by atoms with Gasteiger partial charge in [-0.05, 0) is 47.7 Å². The first kappa shape index (κ1) is 15.1. The predicted octanol–water partition coefficient (Wildman–Crippen LogP) is 2.89. The lowest BCUT2D eigenvalue weighted by Crippen LogP contribution is -2.37. The Bertz CT molecular complexity index is 784. The summed E-state index contributed by atoms with van der Waals surface area (Å²) in [4.78, 5) is 14.7. The van der Waals surface area contributed by atoms with Gasteiger partial charge in [-0.1, -0.05) is 24.3 Å². The lowest BCUT2D eigenvalue weighted by Gasteiger charge is -2.29. The van der Waals surface area contributed by atoms with Gasteiger partial charge in [0.1, 0.15) is 13.2 Å². The number of rotatable bonds is 2. The van der Waals surface area contributed by atoms with E-state index in [1.807, 2.05) is 30.0 Å². The van der Waals surface area contributed by atoms with Gasteiger partial charge in [0.05, 0.1) is 6.42 Å². The van der Waals surface area contributed by atoms with E-state index in [1.165, 1.54) is 11.1 Å². The van der Waals surface area contributed by atoms with Crippen molar-refractivity contribution in [1.29, 1.82) is 0 Å². The third kappa shape index (κ3) is 2.84. The van der Waals surface area contributed by atoms with Crippen LogP contribution in [0, 0.1) is 6.92 Å².